The lowest BCUT2D eigenvalue weighted by Gasteiger charge is -2.38. The van der Waals surface area contributed by atoms with Crippen LogP contribution in [0.4, 0.5) is 14.5 Å². The van der Waals surface area contributed by atoms with Gasteiger partial charge in [-0.3, -0.25) is 0 Å². The number of benzene rings is 1. The molecule has 25 heavy (non-hydrogen) atoms. The smallest absolute Gasteiger partial charge is 0.283 e. The molecule has 1 fully saturated rings. The molecule has 1 heterocycles. The van der Waals surface area contributed by atoms with E-state index in [1.54, 1.807) is 0 Å². The quantitative estimate of drug-likeness (QED) is 0.506. The fourth-order valence-electron chi connectivity index (χ4n) is 3.12. The van der Waals surface area contributed by atoms with Crippen molar-refractivity contribution in [1.82, 2.24) is 0 Å². The van der Waals surface area contributed by atoms with Crippen LogP contribution in [-0.4, -0.2) is 27.5 Å². The van der Waals surface area contributed by atoms with Gasteiger partial charge >= 0.3 is 0 Å². The Morgan fingerprint density at radius 3 is 2.20 bits per heavy atom. The fourth-order valence-corrected chi connectivity index (χ4v) is 5.12. The lowest BCUT2D eigenvalue weighted by Crippen LogP contribution is -2.48. The van der Waals surface area contributed by atoms with Gasteiger partial charge in [-0.15, -0.1) is 0 Å². The zero-order chi connectivity index (χ0) is 19.0. The maximum Gasteiger partial charge on any atom is 0.283 e. The van der Waals surface area contributed by atoms with Crippen LogP contribution in [0.5, 0.6) is 0 Å². The summed E-state index contributed by atoms with van der Waals surface area (Å²) in [4.78, 5) is 0. The van der Waals surface area contributed by atoms with Crippen LogP contribution in [0.2, 0.25) is 29.7 Å². The number of anilines is 1. The summed E-state index contributed by atoms with van der Waals surface area (Å²) in [5.41, 5.74) is 4.82. The summed E-state index contributed by atoms with van der Waals surface area (Å²) < 4.78 is 39.8. The summed E-state index contributed by atoms with van der Waals surface area (Å²) in [5, 5.41) is 0.284. The third kappa shape index (κ3) is 4.30. The number of hydrogen-bond acceptors (Lipinski definition) is 3. The van der Waals surface area contributed by atoms with Gasteiger partial charge in [-0.25, -0.2) is 8.78 Å². The van der Waals surface area contributed by atoms with E-state index >= 15 is 0 Å². The molecule has 142 valence electrons. The highest BCUT2D eigenvalue weighted by atomic mass is 35.5. The van der Waals surface area contributed by atoms with Crippen LogP contribution in [0.1, 0.15) is 30.9 Å². The number of nitrogen functional groups attached to an aromatic ring is 1. The van der Waals surface area contributed by atoms with Gasteiger partial charge in [0.1, 0.15) is 5.60 Å². The van der Waals surface area contributed by atoms with Gasteiger partial charge in [-0.1, -0.05) is 23.2 Å². The van der Waals surface area contributed by atoms with E-state index in [2.05, 4.69) is 0 Å². The molecule has 0 saturated carbocycles. The second-order valence-electron chi connectivity index (χ2n) is 7.56. The van der Waals surface area contributed by atoms with Crippen molar-refractivity contribution in [2.75, 3.05) is 18.9 Å². The molecule has 1 aliphatic carbocycles. The van der Waals surface area contributed by atoms with Gasteiger partial charge < -0.3 is 14.9 Å². The van der Waals surface area contributed by atoms with E-state index in [1.165, 1.54) is 25.8 Å². The van der Waals surface area contributed by atoms with Crippen LogP contribution < -0.4 is 5.73 Å². The van der Waals surface area contributed by atoms with Crippen molar-refractivity contribution in [3.8, 4) is 0 Å². The van der Waals surface area contributed by atoms with Crippen molar-refractivity contribution in [2.24, 2.45) is 0 Å². The van der Waals surface area contributed by atoms with Crippen molar-refractivity contribution in [3.05, 3.63) is 27.2 Å². The first-order valence-corrected chi connectivity index (χ1v) is 12.5. The lowest BCUT2D eigenvalue weighted by atomic mass is 9.96. The van der Waals surface area contributed by atoms with Gasteiger partial charge in [-0.05, 0) is 56.6 Å². The Kier molecular flexibility index (Phi) is 6.11. The molecule has 1 unspecified atom stereocenters. The number of ether oxygens (including phenoxy) is 1. The number of hydrogen-bond donors (Lipinski definition) is 1. The molecule has 0 aromatic heterocycles. The largest absolute Gasteiger partial charge is 0.403 e. The van der Waals surface area contributed by atoms with Crippen LogP contribution in [0.25, 0.3) is 0 Å². The van der Waals surface area contributed by atoms with Gasteiger partial charge in [0, 0.05) is 19.6 Å². The van der Waals surface area contributed by atoms with Gasteiger partial charge in [0.05, 0.1) is 15.7 Å². The Balaban J connectivity index is 0.000000386. The van der Waals surface area contributed by atoms with Crippen LogP contribution in [0, 0.1) is 0 Å². The molecule has 1 saturated heterocycles. The summed E-state index contributed by atoms with van der Waals surface area (Å²) >= 11 is 12.1. The Bertz CT molecular complexity index is 641. The van der Waals surface area contributed by atoms with Gasteiger partial charge in [0.2, 0.25) is 0 Å². The van der Waals surface area contributed by atoms with Crippen LogP contribution in [0.3, 0.4) is 0 Å². The predicted octanol–water partition coefficient (Wildman–Crippen LogP) is 5.63. The molecule has 0 spiro atoms. The Morgan fingerprint density at radius 1 is 1.20 bits per heavy atom. The van der Waals surface area contributed by atoms with Crippen LogP contribution >= 0.6 is 23.2 Å². The number of halogens is 4. The van der Waals surface area contributed by atoms with Crippen molar-refractivity contribution in [2.45, 2.75) is 57.4 Å². The SMILES string of the molecule is C1CCOC1.CC1(O[Si](C)(C)C)c2cc(Cl)c(N)c(Cl)c2CC1(F)F. The molecule has 8 heteroatoms. The van der Waals surface area contributed by atoms with E-state index in [1.807, 2.05) is 19.6 Å². The molecule has 1 aromatic carbocycles. The van der Waals surface area contributed by atoms with E-state index in [0.29, 0.717) is 11.1 Å². The van der Waals surface area contributed by atoms with Gasteiger partial charge in [-0.2, -0.15) is 0 Å². The van der Waals surface area contributed by atoms with Crippen molar-refractivity contribution >= 4 is 37.2 Å². The van der Waals surface area contributed by atoms with E-state index in [-0.39, 0.29) is 15.7 Å². The normalized spacial score (nSPS) is 24.6. The zero-order valence-corrected chi connectivity index (χ0v) is 17.5. The molecule has 1 aliphatic heterocycles. The summed E-state index contributed by atoms with van der Waals surface area (Å²) in [6.07, 6.45) is 2.07. The maximum absolute atomic E-state index is 14.5. The highest BCUT2D eigenvalue weighted by Gasteiger charge is 2.60. The van der Waals surface area contributed by atoms with Crippen molar-refractivity contribution in [1.29, 1.82) is 0 Å². The Morgan fingerprint density at radius 2 is 1.76 bits per heavy atom. The van der Waals surface area contributed by atoms with E-state index < -0.39 is 26.3 Å². The summed E-state index contributed by atoms with van der Waals surface area (Å²) in [7, 11) is -2.20. The molecule has 2 N–H and O–H groups in total. The molecule has 1 aromatic rings. The van der Waals surface area contributed by atoms with Crippen LogP contribution in [0.15, 0.2) is 6.07 Å². The number of rotatable bonds is 2. The first-order valence-electron chi connectivity index (χ1n) is 8.31. The van der Waals surface area contributed by atoms with Crippen LogP contribution in [-0.2, 0) is 21.2 Å². The highest BCUT2D eigenvalue weighted by Crippen LogP contribution is 2.55. The molecule has 1 atom stereocenters. The number of alkyl halides is 2. The average molecular weight is 412 g/mol. The topological polar surface area (TPSA) is 44.5 Å². The second-order valence-corrected chi connectivity index (χ2v) is 12.8. The second kappa shape index (κ2) is 7.31. The minimum atomic E-state index is -3.05. The van der Waals surface area contributed by atoms with Gasteiger partial charge in [0.25, 0.3) is 5.92 Å². The molecular weight excluding hydrogens is 387 g/mol. The zero-order valence-electron chi connectivity index (χ0n) is 15.0. The molecule has 0 amide bonds. The van der Waals surface area contributed by atoms with Crippen molar-refractivity contribution in [3.63, 3.8) is 0 Å². The lowest BCUT2D eigenvalue weighted by molar-refractivity contribution is -0.153. The number of nitrogens with two attached hydrogens (primary N) is 1. The summed E-state index contributed by atoms with van der Waals surface area (Å²) in [6, 6.07) is 1.46. The van der Waals surface area contributed by atoms with Crippen molar-refractivity contribution < 1.29 is 17.9 Å². The molecule has 2 aliphatic rings. The monoisotopic (exact) mass is 411 g/mol. The first kappa shape index (κ1) is 20.9. The van der Waals surface area contributed by atoms with E-state index in [0.717, 1.165) is 13.2 Å². The Labute approximate surface area is 158 Å². The van der Waals surface area contributed by atoms with Gasteiger partial charge in [0.15, 0.2) is 8.32 Å². The standard InChI is InChI=1S/C13H17Cl2F2NOSi.C4H8O/c1-12(19-20(2,3)4)8-5-9(14)11(18)10(15)7(8)6-13(12,16)17;1-2-4-5-3-1/h5H,6,18H2,1-4H3;1-4H2. The molecular formula is C17H25Cl2F2NO2Si. The minimum Gasteiger partial charge on any atom is -0.403 e. The fraction of sp³-hybridized carbons (Fsp3) is 0.647. The van der Waals surface area contributed by atoms with E-state index in [9.17, 15) is 8.78 Å². The third-order valence-corrected chi connectivity index (χ3v) is 6.07. The van der Waals surface area contributed by atoms with E-state index in [4.69, 9.17) is 38.1 Å². The highest BCUT2D eigenvalue weighted by molar-refractivity contribution is 6.69. The summed E-state index contributed by atoms with van der Waals surface area (Å²) in [5.74, 6) is -3.05. The average Bonchev–Trinajstić information content (AvgIpc) is 3.09. The maximum atomic E-state index is 14.5. The third-order valence-electron chi connectivity index (χ3n) is 4.30. The molecule has 0 bridgehead atoms. The molecule has 3 rings (SSSR count). The predicted molar refractivity (Wildman–Crippen MR) is 101 cm³/mol. The molecule has 3 nitrogen and oxygen atoms in total. The number of fused-ring (bicyclic) bond motifs is 1. The Hall–Kier alpha value is -0.403. The minimum absolute atomic E-state index is 0.107. The first-order chi connectivity index (χ1) is 11.4. The molecule has 0 radical (unpaired) electrons. The summed E-state index contributed by atoms with van der Waals surface area (Å²) in [6.45, 7) is 9.01.